The molecule has 4 amide bonds. The fourth-order valence-corrected chi connectivity index (χ4v) is 10.00. The number of nitrogens with zero attached hydrogens (tertiary/aromatic N) is 6. The number of alkyl halides is 3. The van der Waals surface area contributed by atoms with E-state index in [1.165, 1.54) is 0 Å². The number of anilines is 1. The van der Waals surface area contributed by atoms with E-state index in [4.69, 9.17) is 9.72 Å². The van der Waals surface area contributed by atoms with Gasteiger partial charge < -0.3 is 40.5 Å². The van der Waals surface area contributed by atoms with Gasteiger partial charge in [-0.25, -0.2) is 28.4 Å². The molecule has 0 radical (unpaired) electrons. The van der Waals surface area contributed by atoms with Crippen LogP contribution in [0.5, 0.6) is 0 Å². The third-order valence-corrected chi connectivity index (χ3v) is 14.8. The maximum absolute atomic E-state index is 16.1. The Morgan fingerprint density at radius 2 is 1.45 bits per heavy atom. The second kappa shape index (κ2) is 23.0. The second-order valence-corrected chi connectivity index (χ2v) is 21.9. The molecule has 0 spiro atoms. The zero-order valence-corrected chi connectivity index (χ0v) is 43.7. The predicted octanol–water partition coefficient (Wildman–Crippen LogP) is 5.93. The number of aliphatic hydroxyl groups excluding tert-OH is 1. The number of piperazine rings is 1. The number of aliphatic hydroxyl groups is 1. The molecule has 23 heteroatoms. The summed E-state index contributed by atoms with van der Waals surface area (Å²) in [6, 6.07) is 10.4. The van der Waals surface area contributed by atoms with E-state index < -0.39 is 95.5 Å². The normalized spacial score (nSPS) is 19.5. The number of hydrogen-bond donors (Lipinski definition) is 6. The first kappa shape index (κ1) is 56.3. The van der Waals surface area contributed by atoms with Gasteiger partial charge in [0.1, 0.15) is 29.5 Å². The molecule has 1 aliphatic carbocycles. The van der Waals surface area contributed by atoms with E-state index in [0.717, 1.165) is 82.1 Å². The van der Waals surface area contributed by atoms with Crippen molar-refractivity contribution < 1.29 is 60.8 Å². The predicted molar refractivity (Wildman–Crippen MR) is 272 cm³/mol. The molecule has 4 aliphatic rings. The lowest BCUT2D eigenvalue weighted by atomic mass is 9.82. The average molecular weight is 1080 g/mol. The summed E-state index contributed by atoms with van der Waals surface area (Å²) in [7, 11) is 0.900. The Bertz CT molecular complexity index is 2810. The minimum absolute atomic E-state index is 0.117. The summed E-state index contributed by atoms with van der Waals surface area (Å²) >= 11 is 0. The monoisotopic (exact) mass is 1080 g/mol. The molecule has 2 aromatic heterocycles. The first-order valence-electron chi connectivity index (χ1n) is 25.5. The van der Waals surface area contributed by atoms with Crippen LogP contribution < -0.4 is 26.3 Å². The minimum atomic E-state index is -5.06. The van der Waals surface area contributed by atoms with Crippen LogP contribution in [-0.2, 0) is 32.0 Å². The van der Waals surface area contributed by atoms with Gasteiger partial charge in [-0.3, -0.25) is 24.6 Å². The van der Waals surface area contributed by atoms with E-state index in [1.807, 2.05) is 17.4 Å². The Morgan fingerprint density at radius 1 is 0.831 bits per heavy atom. The number of methoxy groups -OCH3 is 1. The molecule has 8 rings (SSSR count). The van der Waals surface area contributed by atoms with Crippen molar-refractivity contribution in [2.45, 2.75) is 128 Å². The highest BCUT2D eigenvalue weighted by Crippen LogP contribution is 2.41. The minimum Gasteiger partial charge on any atom is -0.465 e. The number of alkyl carbamates (subject to hydrolysis) is 1. The van der Waals surface area contributed by atoms with Crippen LogP contribution in [0.3, 0.4) is 0 Å². The fraction of sp³-hybridized carbons (Fsp3) is 0.519. The first-order chi connectivity index (χ1) is 36.4. The van der Waals surface area contributed by atoms with Crippen molar-refractivity contribution in [2.24, 2.45) is 10.8 Å². The molecule has 3 saturated heterocycles. The second-order valence-electron chi connectivity index (χ2n) is 21.9. The number of aromatic nitrogens is 3. The number of hydrazine groups is 1. The molecule has 2 aromatic carbocycles. The number of nitrogens with one attached hydrogen (secondary N) is 4. The van der Waals surface area contributed by atoms with E-state index in [1.54, 1.807) is 68.2 Å². The molecular formula is C54H65F5N10O8. The van der Waals surface area contributed by atoms with Gasteiger partial charge in [-0.1, -0.05) is 44.7 Å². The fourth-order valence-electron chi connectivity index (χ4n) is 10.00. The van der Waals surface area contributed by atoms with Crippen molar-refractivity contribution in [3.8, 4) is 23.1 Å². The summed E-state index contributed by atoms with van der Waals surface area (Å²) in [6.45, 7) is 7.88. The maximum Gasteiger partial charge on any atom is 0.407 e. The molecular weight excluding hydrogens is 1010 g/mol. The quantitative estimate of drug-likeness (QED) is 0.0388. The summed E-state index contributed by atoms with van der Waals surface area (Å²) in [5.74, 6) is 2.58. The van der Waals surface area contributed by atoms with Crippen LogP contribution in [0.4, 0.5) is 37.4 Å². The molecule has 2 bridgehead atoms. The smallest absolute Gasteiger partial charge is 0.407 e. The number of halogens is 5. The Morgan fingerprint density at radius 3 is 2.00 bits per heavy atom. The van der Waals surface area contributed by atoms with E-state index in [-0.39, 0.29) is 18.0 Å². The van der Waals surface area contributed by atoms with Crippen LogP contribution in [0.2, 0.25) is 0 Å². The van der Waals surface area contributed by atoms with Crippen molar-refractivity contribution in [1.82, 2.24) is 46.0 Å². The highest BCUT2D eigenvalue weighted by molar-refractivity contribution is 5.87. The molecule has 4 fully saturated rings. The van der Waals surface area contributed by atoms with Gasteiger partial charge in [0, 0.05) is 72.9 Å². The SMILES string of the molecule is COC(=O)N[C@H](C(=O)N[C@@H](Cc1ccc(C#Cc2ccc(N3CC4CCC(C3)N4C3COC3)nc2)cc1)[C@@H](O)CN(Cc1c(F)cc(-c2ccn(C3CC3)n2)cc1F)NC(=O)[C@@H](NC(=O)O)C(C)(C)C)C(C)(C)C(F)(F)F. The lowest BCUT2D eigenvalue weighted by Gasteiger charge is -2.47. The Balaban J connectivity index is 1.04. The van der Waals surface area contributed by atoms with Gasteiger partial charge in [-0.15, -0.1) is 0 Å². The molecule has 3 aliphatic heterocycles. The van der Waals surface area contributed by atoms with Crippen molar-refractivity contribution in [3.63, 3.8) is 0 Å². The van der Waals surface area contributed by atoms with Crippen LogP contribution in [0.15, 0.2) is 67.0 Å². The molecule has 6 N–H and O–H groups in total. The van der Waals surface area contributed by atoms with Crippen molar-refractivity contribution in [1.29, 1.82) is 0 Å². The van der Waals surface area contributed by atoms with Gasteiger partial charge in [0.15, 0.2) is 0 Å². The van der Waals surface area contributed by atoms with Crippen LogP contribution in [-0.4, -0.2) is 147 Å². The van der Waals surface area contributed by atoms with Crippen LogP contribution in [0.1, 0.15) is 88.6 Å². The van der Waals surface area contributed by atoms with Gasteiger partial charge in [0.05, 0.1) is 55.7 Å². The van der Waals surface area contributed by atoms with E-state index in [2.05, 4.69) is 47.5 Å². The molecule has 5 heterocycles. The van der Waals surface area contributed by atoms with Gasteiger partial charge in [-0.2, -0.15) is 18.3 Å². The molecule has 414 valence electrons. The summed E-state index contributed by atoms with van der Waals surface area (Å²) in [5.41, 5.74) is -0.0191. The number of benzene rings is 2. The van der Waals surface area contributed by atoms with E-state index in [9.17, 15) is 42.6 Å². The maximum atomic E-state index is 16.1. The van der Waals surface area contributed by atoms with Gasteiger partial charge in [-0.05, 0) is 99.4 Å². The third kappa shape index (κ3) is 13.5. The van der Waals surface area contributed by atoms with Crippen LogP contribution in [0.25, 0.3) is 11.3 Å². The van der Waals surface area contributed by atoms with E-state index in [0.29, 0.717) is 54.4 Å². The van der Waals surface area contributed by atoms with Crippen LogP contribution >= 0.6 is 0 Å². The highest BCUT2D eigenvalue weighted by atomic mass is 19.4. The van der Waals surface area contributed by atoms with E-state index >= 15 is 8.78 Å². The molecule has 4 aromatic rings. The number of carboxylic acid groups (broad SMARTS) is 1. The number of pyridine rings is 1. The number of amides is 4. The van der Waals surface area contributed by atoms with Gasteiger partial charge >= 0.3 is 18.4 Å². The molecule has 6 atom stereocenters. The van der Waals surface area contributed by atoms with Crippen molar-refractivity contribution >= 4 is 29.8 Å². The van der Waals surface area contributed by atoms with Crippen LogP contribution in [0, 0.1) is 34.3 Å². The standard InChI is InChI=1S/C54H65F5N10O8/c1-52(2,3)46(62-50(73)74)49(72)65-67(27-39-40(55)22-34(23-41(39)56)42-19-20-68(64-42)35-14-15-35)28-44(70)43(61-48(71)47(63-51(75)76-6)53(4,5)54(57,58)59)21-32-10-7-31(8-11-32)9-12-33-13-18-45(60-24-33)66-25-36-16-17-37(26-66)69(36)38-29-77-30-38/h7-8,10-11,13,18-20,22-24,35-38,43-44,46-47,62,70H,14-17,21,25-30H2,1-6H3,(H,61,71)(H,63,75)(H,65,72)(H,73,74)/t36?,37?,43-,44-,46+,47+/m0/s1. The number of fused-ring (bicyclic) bond motifs is 2. The largest absolute Gasteiger partial charge is 0.465 e. The zero-order chi connectivity index (χ0) is 55.6. The zero-order valence-electron chi connectivity index (χ0n) is 43.7. The summed E-state index contributed by atoms with van der Waals surface area (Å²) in [4.78, 5) is 62.0. The highest BCUT2D eigenvalue weighted by Gasteiger charge is 2.56. The molecule has 18 nitrogen and oxygen atoms in total. The number of ether oxygens (including phenoxy) is 2. The van der Waals surface area contributed by atoms with Gasteiger partial charge in [0.2, 0.25) is 5.91 Å². The first-order valence-corrected chi connectivity index (χ1v) is 25.5. The van der Waals surface area contributed by atoms with Crippen molar-refractivity contribution in [2.75, 3.05) is 44.9 Å². The Labute approximate surface area is 443 Å². The lowest BCUT2D eigenvalue weighted by Crippen LogP contribution is -2.63. The average Bonchev–Trinajstić information content (AvgIpc) is 4.04. The number of carbonyl (C=O) groups excluding carboxylic acids is 3. The topological polar surface area (TPSA) is 216 Å². The Kier molecular flexibility index (Phi) is 16.8. The lowest BCUT2D eigenvalue weighted by molar-refractivity contribution is -0.220. The van der Waals surface area contributed by atoms with Crippen molar-refractivity contribution in [3.05, 3.63) is 101 Å². The summed E-state index contributed by atoms with van der Waals surface area (Å²) < 4.78 is 87.7. The summed E-state index contributed by atoms with van der Waals surface area (Å²) in [6.07, 6.45) is -2.58. The number of carbonyl (C=O) groups is 4. The number of rotatable bonds is 18. The Hall–Kier alpha value is -6.87. The molecule has 2 unspecified atom stereocenters. The molecule has 1 saturated carbocycles. The third-order valence-electron chi connectivity index (χ3n) is 14.8. The van der Waals surface area contributed by atoms with Gasteiger partial charge in [0.25, 0.3) is 5.91 Å². The summed E-state index contributed by atoms with van der Waals surface area (Å²) in [5, 5.41) is 33.7. The number of hydrogen-bond acceptors (Lipinski definition) is 12. The molecule has 77 heavy (non-hydrogen) atoms.